The summed E-state index contributed by atoms with van der Waals surface area (Å²) in [4.78, 5) is 26.2. The summed E-state index contributed by atoms with van der Waals surface area (Å²) in [5.74, 6) is 0.223. The topological polar surface area (TPSA) is 84.7 Å². The fraction of sp³-hybridized carbons (Fsp3) is 0.333. The van der Waals surface area contributed by atoms with Crippen LogP contribution < -0.4 is 20.7 Å². The lowest BCUT2D eigenvalue weighted by molar-refractivity contribution is -0.125. The van der Waals surface area contributed by atoms with Gasteiger partial charge in [0.2, 0.25) is 5.91 Å². The third kappa shape index (κ3) is 5.03. The van der Waals surface area contributed by atoms with Gasteiger partial charge in [0, 0.05) is 19.1 Å². The molecule has 1 aliphatic heterocycles. The molecule has 6 nitrogen and oxygen atoms in total. The van der Waals surface area contributed by atoms with Crippen LogP contribution in [-0.4, -0.2) is 31.5 Å². The van der Waals surface area contributed by atoms with Gasteiger partial charge in [0.25, 0.3) is 5.91 Å². The summed E-state index contributed by atoms with van der Waals surface area (Å²) in [7, 11) is 0. The highest BCUT2D eigenvalue weighted by atomic mass is 35.5. The van der Waals surface area contributed by atoms with Gasteiger partial charge in [-0.3, -0.25) is 9.59 Å². The number of carbonyl (C=O) groups excluding carboxylic acids is 2. The maximum absolute atomic E-state index is 12.4. The summed E-state index contributed by atoms with van der Waals surface area (Å²) in [6.45, 7) is 2.89. The molecule has 2 aromatic carbocycles. The van der Waals surface area contributed by atoms with E-state index in [-0.39, 0.29) is 42.8 Å². The Hall–Kier alpha value is -2.57. The first-order valence-corrected chi connectivity index (χ1v) is 9.18. The van der Waals surface area contributed by atoms with E-state index in [2.05, 4.69) is 5.32 Å². The van der Waals surface area contributed by atoms with Gasteiger partial charge < -0.3 is 20.7 Å². The Balaban J connectivity index is 0.00000280. The molecule has 2 amide bonds. The molecule has 150 valence electrons. The highest BCUT2D eigenvalue weighted by Crippen LogP contribution is 2.31. The van der Waals surface area contributed by atoms with E-state index in [1.807, 2.05) is 61.5 Å². The number of benzene rings is 2. The monoisotopic (exact) mass is 403 g/mol. The Morgan fingerprint density at radius 2 is 1.86 bits per heavy atom. The Labute approximate surface area is 171 Å². The molecule has 2 atom stereocenters. The Morgan fingerprint density at radius 3 is 2.61 bits per heavy atom. The van der Waals surface area contributed by atoms with E-state index in [4.69, 9.17) is 10.5 Å². The van der Waals surface area contributed by atoms with Crippen LogP contribution in [0.5, 0.6) is 5.75 Å². The van der Waals surface area contributed by atoms with Crippen LogP contribution in [0.4, 0.5) is 5.69 Å². The zero-order chi connectivity index (χ0) is 19.2. The molecule has 0 spiro atoms. The van der Waals surface area contributed by atoms with Crippen molar-refractivity contribution in [1.29, 1.82) is 0 Å². The molecule has 0 saturated carbocycles. The number of anilines is 1. The largest absolute Gasteiger partial charge is 0.482 e. The number of fused-ring (bicyclic) bond motifs is 1. The highest BCUT2D eigenvalue weighted by Gasteiger charge is 2.25. The van der Waals surface area contributed by atoms with Crippen molar-refractivity contribution >= 4 is 29.9 Å². The van der Waals surface area contributed by atoms with Gasteiger partial charge in [0.15, 0.2) is 6.61 Å². The summed E-state index contributed by atoms with van der Waals surface area (Å²) in [5.41, 5.74) is 7.92. The molecule has 1 aliphatic rings. The van der Waals surface area contributed by atoms with Crippen LogP contribution in [0, 0.1) is 5.92 Å². The molecule has 2 aromatic rings. The third-order valence-corrected chi connectivity index (χ3v) is 4.80. The zero-order valence-electron chi connectivity index (χ0n) is 15.8. The first-order chi connectivity index (χ1) is 13.1. The minimum absolute atomic E-state index is 0. The molecule has 0 aromatic heterocycles. The second kappa shape index (κ2) is 10.1. The second-order valence-electron chi connectivity index (χ2n) is 6.67. The Bertz CT molecular complexity index is 800. The average molecular weight is 404 g/mol. The fourth-order valence-corrected chi connectivity index (χ4v) is 3.14. The lowest BCUT2D eigenvalue weighted by Crippen LogP contribution is -2.41. The van der Waals surface area contributed by atoms with E-state index in [9.17, 15) is 9.59 Å². The maximum Gasteiger partial charge on any atom is 0.265 e. The summed E-state index contributed by atoms with van der Waals surface area (Å²) >= 11 is 0. The fourth-order valence-electron chi connectivity index (χ4n) is 3.14. The quantitative estimate of drug-likeness (QED) is 0.696. The lowest BCUT2D eigenvalue weighted by Gasteiger charge is -2.29. The smallest absolute Gasteiger partial charge is 0.265 e. The van der Waals surface area contributed by atoms with Gasteiger partial charge in [0.05, 0.1) is 11.6 Å². The molecule has 0 fully saturated rings. The van der Waals surface area contributed by atoms with E-state index in [1.54, 1.807) is 4.90 Å². The number of halogens is 1. The van der Waals surface area contributed by atoms with Gasteiger partial charge in [-0.25, -0.2) is 0 Å². The summed E-state index contributed by atoms with van der Waals surface area (Å²) in [6.07, 6.45) is 0.652. The molecule has 7 heteroatoms. The summed E-state index contributed by atoms with van der Waals surface area (Å²) < 4.78 is 5.44. The first kappa shape index (κ1) is 21.7. The SMILES string of the molecule is CC(C(=O)NCCCN1C(=O)COc2ccccc21)C(N)c1ccccc1.Cl. The number of carbonyl (C=O) groups is 2. The number of amides is 2. The number of nitrogens with one attached hydrogen (secondary N) is 1. The van der Waals surface area contributed by atoms with Crippen molar-refractivity contribution in [3.63, 3.8) is 0 Å². The Morgan fingerprint density at radius 1 is 1.18 bits per heavy atom. The molecule has 1 heterocycles. The van der Waals surface area contributed by atoms with Crippen molar-refractivity contribution in [1.82, 2.24) is 5.32 Å². The normalized spacial score (nSPS) is 14.9. The number of para-hydroxylation sites is 2. The minimum atomic E-state index is -0.348. The van der Waals surface area contributed by atoms with Crippen molar-refractivity contribution in [3.05, 3.63) is 60.2 Å². The maximum atomic E-state index is 12.4. The molecule has 0 bridgehead atoms. The van der Waals surface area contributed by atoms with Gasteiger partial charge in [0.1, 0.15) is 5.75 Å². The molecule has 2 unspecified atom stereocenters. The number of hydrogen-bond acceptors (Lipinski definition) is 4. The van der Waals surface area contributed by atoms with E-state index < -0.39 is 0 Å². The lowest BCUT2D eigenvalue weighted by atomic mass is 9.95. The standard InChI is InChI=1S/C21H25N3O3.ClH/c1-15(20(22)16-8-3-2-4-9-16)21(26)23-12-7-13-24-17-10-5-6-11-18(17)27-14-19(24)25;/h2-6,8-11,15,20H,7,12-14,22H2,1H3,(H,23,26);1H. The highest BCUT2D eigenvalue weighted by molar-refractivity contribution is 5.97. The zero-order valence-corrected chi connectivity index (χ0v) is 16.7. The van der Waals surface area contributed by atoms with Crippen LogP contribution >= 0.6 is 12.4 Å². The molecular weight excluding hydrogens is 378 g/mol. The molecule has 0 radical (unpaired) electrons. The van der Waals surface area contributed by atoms with Crippen molar-refractivity contribution in [3.8, 4) is 5.75 Å². The predicted octanol–water partition coefficient (Wildman–Crippen LogP) is 2.68. The summed E-state index contributed by atoms with van der Waals surface area (Å²) in [5, 5.41) is 2.92. The number of nitrogens with two attached hydrogens (primary N) is 1. The van der Waals surface area contributed by atoms with E-state index >= 15 is 0 Å². The second-order valence-corrected chi connectivity index (χ2v) is 6.67. The van der Waals surface area contributed by atoms with E-state index in [0.717, 1.165) is 11.3 Å². The molecular formula is C21H26ClN3O3. The number of nitrogens with zero attached hydrogens (tertiary/aromatic N) is 1. The molecule has 0 aliphatic carbocycles. The molecule has 28 heavy (non-hydrogen) atoms. The van der Waals surface area contributed by atoms with Crippen LogP contribution in [-0.2, 0) is 9.59 Å². The van der Waals surface area contributed by atoms with Crippen LogP contribution in [0.2, 0.25) is 0 Å². The van der Waals surface area contributed by atoms with E-state index in [0.29, 0.717) is 25.3 Å². The first-order valence-electron chi connectivity index (χ1n) is 9.18. The van der Waals surface area contributed by atoms with Gasteiger partial charge in [-0.15, -0.1) is 12.4 Å². The predicted molar refractivity (Wildman–Crippen MR) is 112 cm³/mol. The van der Waals surface area contributed by atoms with Crippen molar-refractivity contribution < 1.29 is 14.3 Å². The van der Waals surface area contributed by atoms with Gasteiger partial charge >= 0.3 is 0 Å². The molecule has 3 rings (SSSR count). The van der Waals surface area contributed by atoms with Crippen molar-refractivity contribution in [2.45, 2.75) is 19.4 Å². The Kier molecular flexibility index (Phi) is 7.84. The summed E-state index contributed by atoms with van der Waals surface area (Å²) in [6, 6.07) is 16.7. The minimum Gasteiger partial charge on any atom is -0.482 e. The van der Waals surface area contributed by atoms with Crippen LogP contribution in [0.15, 0.2) is 54.6 Å². The van der Waals surface area contributed by atoms with Gasteiger partial charge in [-0.1, -0.05) is 49.4 Å². The van der Waals surface area contributed by atoms with Crippen molar-refractivity contribution in [2.75, 3.05) is 24.6 Å². The average Bonchev–Trinajstić information content (AvgIpc) is 2.71. The molecule has 0 saturated heterocycles. The van der Waals surface area contributed by atoms with Crippen molar-refractivity contribution in [2.24, 2.45) is 11.7 Å². The molecule has 3 N–H and O–H groups in total. The number of rotatable bonds is 7. The van der Waals surface area contributed by atoms with Crippen LogP contribution in [0.25, 0.3) is 0 Å². The van der Waals surface area contributed by atoms with Gasteiger partial charge in [-0.05, 0) is 24.1 Å². The number of ether oxygens (including phenoxy) is 1. The van der Waals surface area contributed by atoms with Crippen LogP contribution in [0.1, 0.15) is 24.9 Å². The van der Waals surface area contributed by atoms with Crippen LogP contribution in [0.3, 0.4) is 0 Å². The van der Waals surface area contributed by atoms with E-state index in [1.165, 1.54) is 0 Å². The third-order valence-electron chi connectivity index (χ3n) is 4.80. The van der Waals surface area contributed by atoms with Gasteiger partial charge in [-0.2, -0.15) is 0 Å². The number of hydrogen-bond donors (Lipinski definition) is 2.